The number of carbonyl (C=O) groups is 12. The van der Waals surface area contributed by atoms with E-state index in [4.69, 9.17) is 4.74 Å². The van der Waals surface area contributed by atoms with Gasteiger partial charge in [-0.1, -0.05) is 188 Å². The van der Waals surface area contributed by atoms with E-state index in [1.54, 1.807) is 57.9 Å². The number of carbonyl (C=O) groups excluding carboxylic acids is 12. The maximum atomic E-state index is 13.8. The van der Waals surface area contributed by atoms with Crippen LogP contribution in [-0.4, -0.2) is 258 Å². The van der Waals surface area contributed by atoms with Gasteiger partial charge < -0.3 is 90.6 Å². The van der Waals surface area contributed by atoms with Gasteiger partial charge in [-0.05, 0) is 132 Å². The molecule has 33 nitrogen and oxygen atoms in total. The van der Waals surface area contributed by atoms with Crippen LogP contribution in [0.25, 0.3) is 37.7 Å². The van der Waals surface area contributed by atoms with Gasteiger partial charge >= 0.3 is 0 Å². The second kappa shape index (κ2) is 47.2. The molecule has 9 aromatic rings. The van der Waals surface area contributed by atoms with Crippen LogP contribution in [0.1, 0.15) is 183 Å². The minimum Gasteiger partial charge on any atom is -0.499 e. The molecule has 1 aliphatic carbocycles. The first kappa shape index (κ1) is 105. The first-order valence-corrected chi connectivity index (χ1v) is 50.7. The monoisotopic (exact) mass is 1990 g/mol. The third kappa shape index (κ3) is 24.7. The highest BCUT2D eigenvalue weighted by Gasteiger charge is 2.50. The zero-order chi connectivity index (χ0) is 102. The number of allylic oxidation sites excluding steroid dienone is 2. The topological polar surface area (TPSA) is 421 Å². The maximum Gasteiger partial charge on any atom is 0.255 e. The summed E-state index contributed by atoms with van der Waals surface area (Å²) in [6.07, 6.45) is 6.82. The van der Waals surface area contributed by atoms with Crippen LogP contribution < -0.4 is 26.6 Å². The molecule has 6 aromatic carbocycles. The Labute approximate surface area is 841 Å². The van der Waals surface area contributed by atoms with E-state index in [9.17, 15) is 78.0 Å². The molecule has 12 atom stereocenters. The fraction of sp³-hybridized carbons (Fsp3) is 0.435. The minimum atomic E-state index is -0.805. The molecule has 4 fully saturated rings. The van der Waals surface area contributed by atoms with E-state index in [0.717, 1.165) is 95.4 Å². The molecular weight excluding hydrogens is 1860 g/mol. The third-order valence-electron chi connectivity index (χ3n) is 27.7. The Morgan fingerprint density at radius 2 is 0.818 bits per heavy atom. The van der Waals surface area contributed by atoms with Crippen LogP contribution in [-0.2, 0) is 99.0 Å². The Balaban J connectivity index is 0.000000152. The fourth-order valence-electron chi connectivity index (χ4n) is 20.0. The van der Waals surface area contributed by atoms with Crippen molar-refractivity contribution in [1.82, 2.24) is 80.4 Å². The van der Waals surface area contributed by atoms with Gasteiger partial charge in [0.1, 0.15) is 54.1 Å². The summed E-state index contributed by atoms with van der Waals surface area (Å²) < 4.78 is 7.17. The molecule has 3 aromatic heterocycles. The van der Waals surface area contributed by atoms with Crippen molar-refractivity contribution in [3.63, 3.8) is 0 Å². The van der Waals surface area contributed by atoms with E-state index in [1.165, 1.54) is 62.2 Å². The smallest absolute Gasteiger partial charge is 0.255 e. The number of imidazole rings is 1. The number of β-amino-alcohol motifs (C(OH)–C–C–N with tert-alkyl or cyclic N) is 4. The number of likely N-dealkylation sites (tertiary alicyclic amines) is 4. The molecule has 9 N–H and O–H groups in total. The molecule has 17 rings (SSSR count). The molecule has 756 valence electrons. The van der Waals surface area contributed by atoms with Gasteiger partial charge in [0.25, 0.3) is 17.7 Å². The number of thiazole rings is 2. The van der Waals surface area contributed by atoms with E-state index < -0.39 is 72.8 Å². The first-order chi connectivity index (χ1) is 68.5. The summed E-state index contributed by atoms with van der Waals surface area (Å²) in [5.74, 6) is -3.49. The normalized spacial score (nSPS) is 20.3. The SMILES string of the molecule is CC(C)[C@@H](C(=O)N1C[C@H](O)C[C@H]1C(=O)NCc1ccc(C2=CCCC2)cc1)N1Cc2ccccc2C1=O.CC[C@H](NC(C)=O)C(=O)N1C[C@H](O)C[C@H]1C(=O)NCc1ccc(-c2scnc2C)cc1.COC1=CC(=O)N([C@H](C(=O)N2C[C@H](O)C[C@H]2C(=O)NCc2ccc(-c3scnc3C)cc2)C(C)C)C1.Cc1c(-c2ccc(CNC(=O)[C@@H]3C[C@@H](O)CN3C(=O)[C@H](C(C)C)N3Cc4ccccc4C3=O)cc2)ncn1C. The Kier molecular flexibility index (Phi) is 34.8. The lowest BCUT2D eigenvalue weighted by atomic mass is 10.00. The molecule has 0 bridgehead atoms. The average molecular weight is 1990 g/mol. The van der Waals surface area contributed by atoms with Crippen molar-refractivity contribution < 1.29 is 82.7 Å². The van der Waals surface area contributed by atoms with Crippen molar-refractivity contribution in [2.24, 2.45) is 24.8 Å². The number of aromatic nitrogens is 4. The lowest BCUT2D eigenvalue weighted by Gasteiger charge is -2.35. The van der Waals surface area contributed by atoms with Gasteiger partial charge in [0.05, 0.1) is 82.3 Å². The molecule has 143 heavy (non-hydrogen) atoms. The standard InChI is InChI=1S/C30H35N5O4.C30H35N3O4.C26H32N4O5S.C22H28N4O4S/c1-18(2)27(35-15-22-7-5-6-8-24(22)29(35)38)30(39)34-16-23(36)13-25(34)28(37)31-14-20-9-11-21(12-10-20)26-19(3)33(4)17-32-26;1-19(2)27(33-17-23-9-5-6-10-25(23)29(33)36)30(37)32-18-24(34)15-26(32)28(35)31-16-20-11-13-22(14-12-20)21-7-3-4-8-21;1-15(2)23(30-13-20(35-4)10-22(30)32)26(34)29-12-19(31)9-21(29)25(33)27-11-17-5-7-18(8-6-17)24-16(3)28-14-36-24;1-4-18(25-14(3)27)22(30)26-11-17(28)9-19(26)21(29)23-10-15-5-7-16(8-6-15)20-13(2)24-12-31-20/h5-12,17-18,23,25,27,36H,13-16H2,1-4H3,(H,31,37);5-7,9-14,19,24,26-27,34H,3-4,8,15-18H2,1-2H3,(H,31,35);5-8,10,14-15,19,21,23,31H,9,11-13H2,1-4H3,(H,27,33);5-8,12,17-19,28H,4,9-11H2,1-3H3,(H,23,29)(H,25,27)/t23-,25+,27+;24-,26+,27+;19-,21+,23+;17-,18+,19+/m1111/s1. The molecule has 0 radical (unpaired) electrons. The van der Waals surface area contributed by atoms with Gasteiger partial charge in [-0.25, -0.2) is 15.0 Å². The van der Waals surface area contributed by atoms with Crippen LogP contribution >= 0.6 is 22.7 Å². The summed E-state index contributed by atoms with van der Waals surface area (Å²) in [5, 5.41) is 55.5. The summed E-state index contributed by atoms with van der Waals surface area (Å²) in [5.41, 5.74) is 20.1. The number of benzene rings is 6. The first-order valence-electron chi connectivity index (χ1n) is 49.0. The van der Waals surface area contributed by atoms with Gasteiger partial charge in [0.2, 0.25) is 53.2 Å². The largest absolute Gasteiger partial charge is 0.499 e. The molecule has 0 saturated carbocycles. The minimum absolute atomic E-state index is 0.0512. The average Bonchev–Trinajstić information content (AvgIpc) is 1.62. The molecule has 4 saturated heterocycles. The predicted molar refractivity (Wildman–Crippen MR) is 541 cm³/mol. The Bertz CT molecular complexity index is 6190. The van der Waals surface area contributed by atoms with E-state index >= 15 is 0 Å². The summed E-state index contributed by atoms with van der Waals surface area (Å²) in [6.45, 7) is 22.9. The van der Waals surface area contributed by atoms with Gasteiger partial charge in [-0.2, -0.15) is 0 Å². The van der Waals surface area contributed by atoms with Crippen LogP contribution in [0.5, 0.6) is 0 Å². The highest BCUT2D eigenvalue weighted by atomic mass is 32.1. The lowest BCUT2D eigenvalue weighted by Crippen LogP contribution is -2.55. The highest BCUT2D eigenvalue weighted by Crippen LogP contribution is 2.37. The Morgan fingerprint density at radius 1 is 0.462 bits per heavy atom. The summed E-state index contributed by atoms with van der Waals surface area (Å²) in [4.78, 5) is 182. The second-order valence-corrected chi connectivity index (χ2v) is 40.6. The number of nitrogens with one attached hydrogen (secondary N) is 5. The van der Waals surface area contributed by atoms with Crippen molar-refractivity contribution >= 4 is 99.1 Å². The second-order valence-electron chi connectivity index (χ2n) is 38.9. The zero-order valence-corrected chi connectivity index (χ0v) is 84.8. The number of methoxy groups -OCH3 is 1. The van der Waals surface area contributed by atoms with E-state index in [2.05, 4.69) is 59.7 Å². The molecule has 35 heteroatoms. The predicted octanol–water partition coefficient (Wildman–Crippen LogP) is 9.87. The molecule has 10 heterocycles. The van der Waals surface area contributed by atoms with Gasteiger partial charge in [-0.3, -0.25) is 57.5 Å². The van der Waals surface area contributed by atoms with E-state index in [1.807, 2.05) is 206 Å². The third-order valence-corrected chi connectivity index (χ3v) is 29.6. The van der Waals surface area contributed by atoms with Crippen molar-refractivity contribution in [2.45, 2.75) is 240 Å². The van der Waals surface area contributed by atoms with Gasteiger partial charge in [0, 0.05) is 134 Å². The molecule has 0 spiro atoms. The number of ether oxygens (including phenoxy) is 1. The lowest BCUT2D eigenvalue weighted by molar-refractivity contribution is -0.147. The van der Waals surface area contributed by atoms with Crippen molar-refractivity contribution in [3.8, 4) is 32.1 Å². The van der Waals surface area contributed by atoms with Crippen molar-refractivity contribution in [2.75, 3.05) is 39.8 Å². The molecule has 12 amide bonds. The maximum absolute atomic E-state index is 13.8. The number of hydrogen-bond donors (Lipinski definition) is 9. The molecule has 0 unspecified atom stereocenters. The summed E-state index contributed by atoms with van der Waals surface area (Å²) in [6, 6.07) is 40.6. The number of aliphatic hydroxyl groups is 4. The zero-order valence-electron chi connectivity index (χ0n) is 83.2. The number of rotatable bonds is 29. The number of aliphatic hydroxyl groups excluding tert-OH is 4. The highest BCUT2D eigenvalue weighted by molar-refractivity contribution is 7.13. The fourth-order valence-corrected chi connectivity index (χ4v) is 21.6. The van der Waals surface area contributed by atoms with Crippen LogP contribution in [0.15, 0.2) is 181 Å². The number of aryl methyl sites for hydroxylation is 3. The number of amides is 12. The van der Waals surface area contributed by atoms with E-state index in [-0.39, 0.29) is 147 Å². The van der Waals surface area contributed by atoms with Crippen LogP contribution in [0, 0.1) is 38.5 Å². The molecular formula is C108H130N16O17S2. The van der Waals surface area contributed by atoms with Gasteiger partial charge in [-0.15, -0.1) is 22.7 Å². The van der Waals surface area contributed by atoms with E-state index in [0.29, 0.717) is 62.6 Å². The van der Waals surface area contributed by atoms with Crippen molar-refractivity contribution in [1.29, 1.82) is 0 Å². The van der Waals surface area contributed by atoms with Crippen molar-refractivity contribution in [3.05, 3.63) is 248 Å². The van der Waals surface area contributed by atoms with Gasteiger partial charge in [0.15, 0.2) is 0 Å². The number of fused-ring (bicyclic) bond motifs is 2. The summed E-state index contributed by atoms with van der Waals surface area (Å²) >= 11 is 3.17. The Hall–Kier alpha value is -13.5. The number of nitrogens with zero attached hydrogens (tertiary/aromatic N) is 11. The molecule has 8 aliphatic rings. The van der Waals surface area contributed by atoms with Crippen LogP contribution in [0.4, 0.5) is 0 Å². The quantitative estimate of drug-likeness (QED) is 0.0210. The van der Waals surface area contributed by atoms with Crippen LogP contribution in [0.3, 0.4) is 0 Å². The molecule has 7 aliphatic heterocycles. The number of hydrogen-bond acceptors (Lipinski definition) is 22. The summed E-state index contributed by atoms with van der Waals surface area (Å²) in [7, 11) is 3.44. The Morgan fingerprint density at radius 3 is 1.13 bits per heavy atom. The van der Waals surface area contributed by atoms with Crippen LogP contribution in [0.2, 0.25) is 0 Å².